The zero-order valence-corrected chi connectivity index (χ0v) is 22.4. The number of fused-ring (bicyclic) bond motifs is 2. The Labute approximate surface area is 230 Å². The topological polar surface area (TPSA) is 122 Å². The van der Waals surface area contributed by atoms with E-state index in [1.165, 1.54) is 4.57 Å². The lowest BCUT2D eigenvalue weighted by atomic mass is 9.98. The zero-order valence-electron chi connectivity index (χ0n) is 22.4. The number of ether oxygens (including phenoxy) is 1. The molecule has 10 heteroatoms. The Morgan fingerprint density at radius 1 is 1.23 bits per heavy atom. The highest BCUT2D eigenvalue weighted by molar-refractivity contribution is 5.93. The van der Waals surface area contributed by atoms with E-state index in [0.717, 1.165) is 42.6 Å². The molecule has 0 bridgehead atoms. The third-order valence-corrected chi connectivity index (χ3v) is 7.46. The highest BCUT2D eigenvalue weighted by atomic mass is 16.5. The summed E-state index contributed by atoms with van der Waals surface area (Å²) in [6, 6.07) is 15.4. The van der Waals surface area contributed by atoms with Crippen LogP contribution in [-0.4, -0.2) is 61.3 Å². The van der Waals surface area contributed by atoms with Gasteiger partial charge >= 0.3 is 11.8 Å². The first-order valence-corrected chi connectivity index (χ1v) is 13.4. The normalized spacial score (nSPS) is 16.8. The van der Waals surface area contributed by atoms with Gasteiger partial charge in [0.1, 0.15) is 0 Å². The third-order valence-electron chi connectivity index (χ3n) is 7.46. The van der Waals surface area contributed by atoms with Crippen LogP contribution in [0.4, 0.5) is 0 Å². The maximum Gasteiger partial charge on any atom is 0.419 e. The summed E-state index contributed by atoms with van der Waals surface area (Å²) in [6.45, 7) is 4.80. The van der Waals surface area contributed by atoms with Crippen LogP contribution in [0.15, 0.2) is 64.1 Å². The first-order valence-electron chi connectivity index (χ1n) is 13.4. The summed E-state index contributed by atoms with van der Waals surface area (Å²) in [6.07, 6.45) is 5.28. The van der Waals surface area contributed by atoms with E-state index in [4.69, 9.17) is 14.1 Å². The molecule has 0 aliphatic carbocycles. The van der Waals surface area contributed by atoms with Gasteiger partial charge in [-0.3, -0.25) is 8.97 Å². The molecule has 0 spiro atoms. The quantitative estimate of drug-likeness (QED) is 0.332. The Balaban J connectivity index is 1.43. The number of hydrogen-bond donors (Lipinski definition) is 1. The van der Waals surface area contributed by atoms with Crippen molar-refractivity contribution < 1.29 is 14.3 Å². The molecule has 2 aromatic carbocycles. The molecule has 1 aliphatic rings. The van der Waals surface area contributed by atoms with E-state index in [1.54, 1.807) is 25.4 Å². The minimum absolute atomic E-state index is 0.314. The van der Waals surface area contributed by atoms with E-state index in [2.05, 4.69) is 16.0 Å². The van der Waals surface area contributed by atoms with Crippen LogP contribution >= 0.6 is 0 Å². The molecular weight excluding hydrogens is 508 g/mol. The standard InChI is InChI=1S/C30H30N6O4/c1-19(37)16-35-12-3-4-21(17-35)18-39-29-33-27(22-7-5-20(15-31)6-8-22)26(28-32-11-13-36(28)29)23-9-10-24-25(14-23)40-30(38)34(24)2/h5-11,13-14,19,21,37H,3-4,12,16-18H2,1-2H3/t19-,21-/m1/s1. The number of aliphatic hydroxyl groups excluding tert-OH is 1. The molecule has 4 heterocycles. The van der Waals surface area contributed by atoms with Gasteiger partial charge in [-0.1, -0.05) is 18.2 Å². The zero-order chi connectivity index (χ0) is 27.8. The van der Waals surface area contributed by atoms with Gasteiger partial charge in [0.2, 0.25) is 0 Å². The number of nitriles is 1. The average Bonchev–Trinajstić information content (AvgIpc) is 3.55. The van der Waals surface area contributed by atoms with Crippen molar-refractivity contribution in [2.45, 2.75) is 25.9 Å². The fourth-order valence-electron chi connectivity index (χ4n) is 5.54. The predicted octanol–water partition coefficient (Wildman–Crippen LogP) is 3.85. The predicted molar refractivity (Wildman–Crippen MR) is 150 cm³/mol. The lowest BCUT2D eigenvalue weighted by Crippen LogP contribution is -2.41. The van der Waals surface area contributed by atoms with E-state index in [-0.39, 0.29) is 6.10 Å². The van der Waals surface area contributed by atoms with Crippen LogP contribution in [-0.2, 0) is 7.05 Å². The maximum absolute atomic E-state index is 12.1. The molecule has 1 saturated heterocycles. The fourth-order valence-corrected chi connectivity index (χ4v) is 5.54. The van der Waals surface area contributed by atoms with Crippen LogP contribution in [0.25, 0.3) is 39.1 Å². The summed E-state index contributed by atoms with van der Waals surface area (Å²) >= 11 is 0. The Kier molecular flexibility index (Phi) is 6.84. The van der Waals surface area contributed by atoms with Crippen LogP contribution in [0.1, 0.15) is 25.3 Å². The first-order chi connectivity index (χ1) is 19.4. The van der Waals surface area contributed by atoms with Gasteiger partial charge in [0, 0.05) is 44.0 Å². The number of hydrogen-bond acceptors (Lipinski definition) is 8. The van der Waals surface area contributed by atoms with Crippen molar-refractivity contribution in [3.05, 3.63) is 71.0 Å². The number of β-amino-alcohol motifs (C(OH)–C–C–N with tert-alkyl or cyclic N) is 1. The Morgan fingerprint density at radius 3 is 2.80 bits per heavy atom. The molecule has 0 radical (unpaired) electrons. The second kappa shape index (κ2) is 10.6. The molecule has 1 aliphatic heterocycles. The van der Waals surface area contributed by atoms with E-state index in [9.17, 15) is 15.2 Å². The number of aliphatic hydroxyl groups is 1. The second-order valence-corrected chi connectivity index (χ2v) is 10.5. The number of likely N-dealkylation sites (tertiary alicyclic amines) is 1. The smallest absolute Gasteiger partial charge is 0.419 e. The van der Waals surface area contributed by atoms with Crippen LogP contribution in [0.5, 0.6) is 6.01 Å². The van der Waals surface area contributed by atoms with Gasteiger partial charge in [0.15, 0.2) is 11.2 Å². The molecule has 0 unspecified atom stereocenters. The molecule has 40 heavy (non-hydrogen) atoms. The van der Waals surface area contributed by atoms with E-state index < -0.39 is 5.76 Å². The van der Waals surface area contributed by atoms with E-state index >= 15 is 0 Å². The third kappa shape index (κ3) is 4.85. The minimum atomic E-state index is -0.429. The van der Waals surface area contributed by atoms with Crippen molar-refractivity contribution in [1.29, 1.82) is 5.26 Å². The maximum atomic E-state index is 12.1. The van der Waals surface area contributed by atoms with Crippen LogP contribution in [0.3, 0.4) is 0 Å². The Morgan fingerprint density at radius 2 is 2.02 bits per heavy atom. The summed E-state index contributed by atoms with van der Waals surface area (Å²) < 4.78 is 15.1. The van der Waals surface area contributed by atoms with Crippen LogP contribution in [0.2, 0.25) is 0 Å². The molecule has 6 rings (SSSR count). The van der Waals surface area contributed by atoms with Gasteiger partial charge in [-0.15, -0.1) is 0 Å². The van der Waals surface area contributed by atoms with Crippen LogP contribution in [0, 0.1) is 17.2 Å². The van der Waals surface area contributed by atoms with Gasteiger partial charge in [-0.05, 0) is 56.1 Å². The van der Waals surface area contributed by atoms with Gasteiger partial charge < -0.3 is 19.2 Å². The van der Waals surface area contributed by atoms with E-state index in [0.29, 0.717) is 53.1 Å². The van der Waals surface area contributed by atoms with Crippen molar-refractivity contribution in [3.63, 3.8) is 0 Å². The van der Waals surface area contributed by atoms with E-state index in [1.807, 2.05) is 47.9 Å². The molecule has 1 fully saturated rings. The number of benzene rings is 2. The molecule has 0 saturated carbocycles. The largest absolute Gasteiger partial charge is 0.464 e. The van der Waals surface area contributed by atoms with Gasteiger partial charge in [0.05, 0.1) is 41.1 Å². The van der Waals surface area contributed by atoms with Gasteiger partial charge in [-0.2, -0.15) is 10.2 Å². The Hall–Kier alpha value is -4.46. The van der Waals surface area contributed by atoms with Crippen LogP contribution < -0.4 is 10.5 Å². The number of aryl methyl sites for hydroxylation is 1. The first kappa shape index (κ1) is 25.8. The summed E-state index contributed by atoms with van der Waals surface area (Å²) in [5.74, 6) is -0.115. The summed E-state index contributed by atoms with van der Waals surface area (Å²) in [5.41, 5.74) is 5.37. The summed E-state index contributed by atoms with van der Waals surface area (Å²) in [4.78, 5) is 24.1. The second-order valence-electron chi connectivity index (χ2n) is 10.5. The number of piperidine rings is 1. The number of oxazole rings is 1. The molecule has 2 atom stereocenters. The van der Waals surface area contributed by atoms with Crippen molar-refractivity contribution in [3.8, 4) is 34.5 Å². The fraction of sp³-hybridized carbons (Fsp3) is 0.333. The SMILES string of the molecule is C[C@@H](O)CN1CCC[C@@H](COc2nc(-c3ccc(C#N)cc3)c(-c3ccc4c(c3)oc(=O)n4C)c3nccn23)C1. The molecule has 1 N–H and O–H groups in total. The number of nitrogens with zero attached hydrogens (tertiary/aromatic N) is 6. The average molecular weight is 539 g/mol. The molecular formula is C30H30N6O4. The molecule has 0 amide bonds. The molecule has 204 valence electrons. The molecule has 3 aromatic heterocycles. The lowest BCUT2D eigenvalue weighted by molar-refractivity contribution is 0.0778. The highest BCUT2D eigenvalue weighted by Crippen LogP contribution is 2.37. The molecule has 5 aromatic rings. The van der Waals surface area contributed by atoms with Gasteiger partial charge in [0.25, 0.3) is 0 Å². The van der Waals surface area contributed by atoms with Crippen molar-refractivity contribution >= 4 is 16.7 Å². The number of imidazole rings is 1. The number of rotatable bonds is 7. The summed E-state index contributed by atoms with van der Waals surface area (Å²) in [5, 5.41) is 19.1. The monoisotopic (exact) mass is 538 g/mol. The highest BCUT2D eigenvalue weighted by Gasteiger charge is 2.24. The number of aromatic nitrogens is 4. The Bertz CT molecular complexity index is 1780. The lowest BCUT2D eigenvalue weighted by Gasteiger charge is -2.33. The minimum Gasteiger partial charge on any atom is -0.464 e. The van der Waals surface area contributed by atoms with Crippen molar-refractivity contribution in [2.75, 3.05) is 26.2 Å². The van der Waals surface area contributed by atoms with Crippen molar-refractivity contribution in [1.82, 2.24) is 23.8 Å². The summed E-state index contributed by atoms with van der Waals surface area (Å²) in [7, 11) is 1.67. The van der Waals surface area contributed by atoms with Crippen molar-refractivity contribution in [2.24, 2.45) is 13.0 Å². The molecule has 10 nitrogen and oxygen atoms in total. The van der Waals surface area contributed by atoms with Gasteiger partial charge in [-0.25, -0.2) is 9.78 Å².